The molecule has 2 aliphatic rings. The number of rotatable bonds is 1. The van der Waals surface area contributed by atoms with E-state index in [0.29, 0.717) is 0 Å². The molecule has 3 heterocycles. The minimum Gasteiger partial charge on any atom is -0.320 e. The molecular formula is C23H25N3. The van der Waals surface area contributed by atoms with E-state index in [0.717, 1.165) is 38.0 Å². The molecule has 1 aliphatic carbocycles. The number of aryl methyl sites for hydroxylation is 3. The number of hydrogen-bond donors (Lipinski definition) is 0. The smallest absolute Gasteiger partial charge is 0.0529 e. The van der Waals surface area contributed by atoms with Gasteiger partial charge >= 0.3 is 0 Å². The SMILES string of the molecule is Cc1ccc2c(c1)c1c(n2C=C2CCc3cnc(C)cc32)CCN(C)C1. The Labute approximate surface area is 155 Å². The van der Waals surface area contributed by atoms with E-state index in [-0.39, 0.29) is 0 Å². The van der Waals surface area contributed by atoms with Crippen LogP contribution >= 0.6 is 0 Å². The molecule has 0 atom stereocenters. The third-order valence-corrected chi connectivity index (χ3v) is 5.95. The first-order valence-electron chi connectivity index (χ1n) is 9.57. The molecule has 132 valence electrons. The number of allylic oxidation sites excluding steroid dienone is 1. The number of nitrogens with zero attached hydrogens (tertiary/aromatic N) is 3. The maximum absolute atomic E-state index is 4.48. The van der Waals surface area contributed by atoms with E-state index in [1.54, 1.807) is 0 Å². The van der Waals surface area contributed by atoms with Crippen molar-refractivity contribution in [2.24, 2.45) is 0 Å². The highest BCUT2D eigenvalue weighted by Crippen LogP contribution is 2.36. The molecule has 0 saturated heterocycles. The molecule has 0 fully saturated rings. The molecule has 26 heavy (non-hydrogen) atoms. The molecule has 5 rings (SSSR count). The average Bonchev–Trinajstić information content (AvgIpc) is 3.14. The van der Waals surface area contributed by atoms with Crippen molar-refractivity contribution in [1.29, 1.82) is 0 Å². The summed E-state index contributed by atoms with van der Waals surface area (Å²) >= 11 is 0. The van der Waals surface area contributed by atoms with Crippen LogP contribution in [0, 0.1) is 13.8 Å². The summed E-state index contributed by atoms with van der Waals surface area (Å²) in [6.45, 7) is 6.45. The Morgan fingerprint density at radius 2 is 1.96 bits per heavy atom. The van der Waals surface area contributed by atoms with E-state index >= 15 is 0 Å². The molecule has 1 aromatic carbocycles. The van der Waals surface area contributed by atoms with Crippen LogP contribution in [0.3, 0.4) is 0 Å². The van der Waals surface area contributed by atoms with Crippen LogP contribution in [0.5, 0.6) is 0 Å². The van der Waals surface area contributed by atoms with Gasteiger partial charge < -0.3 is 9.47 Å². The van der Waals surface area contributed by atoms with Crippen molar-refractivity contribution in [1.82, 2.24) is 14.5 Å². The number of fused-ring (bicyclic) bond motifs is 4. The predicted octanol–water partition coefficient (Wildman–Crippen LogP) is 4.59. The van der Waals surface area contributed by atoms with Gasteiger partial charge in [0, 0.05) is 48.7 Å². The molecule has 0 unspecified atom stereocenters. The normalized spacial score (nSPS) is 18.5. The minimum absolute atomic E-state index is 1.05. The summed E-state index contributed by atoms with van der Waals surface area (Å²) in [7, 11) is 2.23. The van der Waals surface area contributed by atoms with Gasteiger partial charge in [-0.25, -0.2) is 0 Å². The molecule has 1 aliphatic heterocycles. The molecule has 0 N–H and O–H groups in total. The zero-order valence-corrected chi connectivity index (χ0v) is 15.8. The highest BCUT2D eigenvalue weighted by Gasteiger charge is 2.23. The van der Waals surface area contributed by atoms with Gasteiger partial charge in [0.15, 0.2) is 0 Å². The summed E-state index contributed by atoms with van der Waals surface area (Å²) in [5.41, 5.74) is 11.0. The zero-order valence-electron chi connectivity index (χ0n) is 15.8. The monoisotopic (exact) mass is 343 g/mol. The second kappa shape index (κ2) is 5.82. The molecular weight excluding hydrogens is 318 g/mol. The lowest BCUT2D eigenvalue weighted by molar-refractivity contribution is 0.312. The first-order chi connectivity index (χ1) is 12.6. The fourth-order valence-corrected chi connectivity index (χ4v) is 4.57. The maximum Gasteiger partial charge on any atom is 0.0529 e. The number of likely N-dealkylation sites (N-methyl/N-ethyl adjacent to an activating group) is 1. The molecule has 0 saturated carbocycles. The maximum atomic E-state index is 4.48. The van der Waals surface area contributed by atoms with Crippen LogP contribution in [0.1, 0.15) is 40.1 Å². The fourth-order valence-electron chi connectivity index (χ4n) is 4.57. The van der Waals surface area contributed by atoms with Gasteiger partial charge in [-0.2, -0.15) is 0 Å². The van der Waals surface area contributed by atoms with E-state index < -0.39 is 0 Å². The predicted molar refractivity (Wildman–Crippen MR) is 108 cm³/mol. The third-order valence-electron chi connectivity index (χ3n) is 5.95. The Kier molecular flexibility index (Phi) is 3.54. The molecule has 0 radical (unpaired) electrons. The summed E-state index contributed by atoms with van der Waals surface area (Å²) in [5, 5.41) is 1.42. The minimum atomic E-state index is 1.05. The van der Waals surface area contributed by atoms with Crippen molar-refractivity contribution in [3.63, 3.8) is 0 Å². The van der Waals surface area contributed by atoms with Crippen LogP contribution in [0.25, 0.3) is 22.7 Å². The molecule has 0 spiro atoms. The number of hydrogen-bond acceptors (Lipinski definition) is 2. The van der Waals surface area contributed by atoms with Crippen LogP contribution in [-0.2, 0) is 19.4 Å². The molecule has 3 nitrogen and oxygen atoms in total. The van der Waals surface area contributed by atoms with Gasteiger partial charge in [-0.3, -0.25) is 4.98 Å². The highest BCUT2D eigenvalue weighted by atomic mass is 15.1. The van der Waals surface area contributed by atoms with Crippen LogP contribution in [0.2, 0.25) is 0 Å². The zero-order chi connectivity index (χ0) is 17.8. The summed E-state index contributed by atoms with van der Waals surface area (Å²) in [4.78, 5) is 6.91. The van der Waals surface area contributed by atoms with Crippen molar-refractivity contribution < 1.29 is 0 Å². The van der Waals surface area contributed by atoms with E-state index in [2.05, 4.69) is 72.0 Å². The number of benzene rings is 1. The van der Waals surface area contributed by atoms with Crippen LogP contribution < -0.4 is 0 Å². The van der Waals surface area contributed by atoms with Crippen molar-refractivity contribution in [2.75, 3.05) is 13.6 Å². The average molecular weight is 343 g/mol. The first kappa shape index (κ1) is 15.8. The summed E-state index contributed by atoms with van der Waals surface area (Å²) < 4.78 is 2.48. The third kappa shape index (κ3) is 2.42. The number of pyridine rings is 1. The first-order valence-corrected chi connectivity index (χ1v) is 9.57. The Morgan fingerprint density at radius 1 is 1.08 bits per heavy atom. The van der Waals surface area contributed by atoms with Gasteiger partial charge in [-0.15, -0.1) is 0 Å². The van der Waals surface area contributed by atoms with E-state index in [1.807, 2.05) is 0 Å². The number of aromatic nitrogens is 2. The van der Waals surface area contributed by atoms with Crippen molar-refractivity contribution in [3.05, 3.63) is 64.1 Å². The van der Waals surface area contributed by atoms with Crippen LogP contribution in [0.15, 0.2) is 30.5 Å². The van der Waals surface area contributed by atoms with Gasteiger partial charge in [0.05, 0.1) is 5.52 Å². The summed E-state index contributed by atoms with van der Waals surface area (Å²) in [6.07, 6.45) is 7.81. The molecule has 2 aromatic heterocycles. The largest absolute Gasteiger partial charge is 0.320 e. The van der Waals surface area contributed by atoms with Gasteiger partial charge in [0.2, 0.25) is 0 Å². The molecule has 0 amide bonds. The molecule has 0 bridgehead atoms. The van der Waals surface area contributed by atoms with Crippen molar-refractivity contribution in [2.45, 2.75) is 39.7 Å². The Hall–Kier alpha value is -2.39. The molecule has 3 aromatic rings. The van der Waals surface area contributed by atoms with Gasteiger partial charge in [0.1, 0.15) is 0 Å². The lowest BCUT2D eigenvalue weighted by Crippen LogP contribution is -2.26. The quantitative estimate of drug-likeness (QED) is 0.644. The van der Waals surface area contributed by atoms with Gasteiger partial charge in [-0.1, -0.05) is 11.6 Å². The lowest BCUT2D eigenvalue weighted by Gasteiger charge is -2.23. The molecule has 3 heteroatoms. The Morgan fingerprint density at radius 3 is 2.85 bits per heavy atom. The Bertz CT molecular complexity index is 1050. The summed E-state index contributed by atoms with van der Waals surface area (Å²) in [6, 6.07) is 9.15. The van der Waals surface area contributed by atoms with Crippen molar-refractivity contribution >= 4 is 22.7 Å². The highest BCUT2D eigenvalue weighted by molar-refractivity contribution is 5.91. The standard InChI is InChI=1S/C23H25N3/c1-15-4-7-22-20(10-15)21-14-25(3)9-8-23(21)26(22)13-18-6-5-17-12-24-16(2)11-19(17)18/h4,7,10-13H,5-6,8-9,14H2,1-3H3. The van der Waals surface area contributed by atoms with Crippen LogP contribution in [0.4, 0.5) is 0 Å². The lowest BCUT2D eigenvalue weighted by atomic mass is 10.0. The fraction of sp³-hybridized carbons (Fsp3) is 0.348. The second-order valence-corrected chi connectivity index (χ2v) is 7.94. The van der Waals surface area contributed by atoms with E-state index in [9.17, 15) is 0 Å². The van der Waals surface area contributed by atoms with Gasteiger partial charge in [-0.05, 0) is 74.2 Å². The summed E-state index contributed by atoms with van der Waals surface area (Å²) in [5.74, 6) is 0. The van der Waals surface area contributed by atoms with Crippen LogP contribution in [-0.4, -0.2) is 28.0 Å². The van der Waals surface area contributed by atoms with Gasteiger partial charge in [0.25, 0.3) is 0 Å². The second-order valence-electron chi connectivity index (χ2n) is 7.94. The Balaban J connectivity index is 1.73. The topological polar surface area (TPSA) is 21.1 Å². The van der Waals surface area contributed by atoms with Crippen molar-refractivity contribution in [3.8, 4) is 0 Å². The van der Waals surface area contributed by atoms with E-state index in [1.165, 1.54) is 44.4 Å². The van der Waals surface area contributed by atoms with E-state index in [4.69, 9.17) is 0 Å².